The summed E-state index contributed by atoms with van der Waals surface area (Å²) in [5, 5.41) is 5.39. The lowest BCUT2D eigenvalue weighted by molar-refractivity contribution is 0.0816. The summed E-state index contributed by atoms with van der Waals surface area (Å²) in [6.45, 7) is 9.65. The second-order valence-corrected chi connectivity index (χ2v) is 6.65. The van der Waals surface area contributed by atoms with Crippen molar-refractivity contribution in [1.29, 1.82) is 0 Å². The largest absolute Gasteiger partial charge is 0.490 e. The van der Waals surface area contributed by atoms with Crippen molar-refractivity contribution in [2.75, 3.05) is 26.2 Å². The highest BCUT2D eigenvalue weighted by Gasteiger charge is 2.27. The summed E-state index contributed by atoms with van der Waals surface area (Å²) in [5.41, 5.74) is 0.716. The van der Waals surface area contributed by atoms with Crippen LogP contribution in [0.15, 0.2) is 36.4 Å². The SMILES string of the molecule is CC(C)Oc1ccc2ccccc2c1C(=O)C(C)N1CCNCC1. The molecule has 0 spiro atoms. The van der Waals surface area contributed by atoms with Gasteiger partial charge in [0, 0.05) is 26.2 Å². The van der Waals surface area contributed by atoms with Gasteiger partial charge in [0.15, 0.2) is 5.78 Å². The fraction of sp³-hybridized carbons (Fsp3) is 0.450. The van der Waals surface area contributed by atoms with Crippen LogP contribution in [-0.4, -0.2) is 49.0 Å². The molecule has 4 heteroatoms. The van der Waals surface area contributed by atoms with Crippen molar-refractivity contribution in [3.05, 3.63) is 42.0 Å². The quantitative estimate of drug-likeness (QED) is 0.857. The third kappa shape index (κ3) is 3.45. The number of rotatable bonds is 5. The lowest BCUT2D eigenvalue weighted by Crippen LogP contribution is -2.50. The third-order valence-electron chi connectivity index (χ3n) is 4.58. The average Bonchev–Trinajstić information content (AvgIpc) is 2.60. The number of nitrogens with one attached hydrogen (secondary N) is 1. The van der Waals surface area contributed by atoms with E-state index >= 15 is 0 Å². The zero-order chi connectivity index (χ0) is 17.1. The Morgan fingerprint density at radius 1 is 1.08 bits per heavy atom. The topological polar surface area (TPSA) is 41.6 Å². The zero-order valence-electron chi connectivity index (χ0n) is 14.7. The summed E-state index contributed by atoms with van der Waals surface area (Å²) in [4.78, 5) is 15.6. The molecule has 1 saturated heterocycles. The van der Waals surface area contributed by atoms with Crippen molar-refractivity contribution < 1.29 is 9.53 Å². The summed E-state index contributed by atoms with van der Waals surface area (Å²) in [7, 11) is 0. The van der Waals surface area contributed by atoms with Crippen LogP contribution in [-0.2, 0) is 0 Å². The van der Waals surface area contributed by atoms with Crippen LogP contribution in [0.1, 0.15) is 31.1 Å². The Morgan fingerprint density at radius 3 is 2.50 bits per heavy atom. The smallest absolute Gasteiger partial charge is 0.184 e. The first-order chi connectivity index (χ1) is 11.6. The fourth-order valence-electron chi connectivity index (χ4n) is 3.30. The van der Waals surface area contributed by atoms with Gasteiger partial charge in [-0.15, -0.1) is 0 Å². The molecule has 1 unspecified atom stereocenters. The lowest BCUT2D eigenvalue weighted by atomic mass is 9.96. The van der Waals surface area contributed by atoms with Crippen molar-refractivity contribution in [3.8, 4) is 5.75 Å². The van der Waals surface area contributed by atoms with Gasteiger partial charge in [0.2, 0.25) is 0 Å². The number of hydrogen-bond acceptors (Lipinski definition) is 4. The number of ether oxygens (including phenoxy) is 1. The number of hydrogen-bond donors (Lipinski definition) is 1. The van der Waals surface area contributed by atoms with Gasteiger partial charge < -0.3 is 10.1 Å². The first-order valence-corrected chi connectivity index (χ1v) is 8.75. The van der Waals surface area contributed by atoms with E-state index in [1.165, 1.54) is 0 Å². The van der Waals surface area contributed by atoms with E-state index in [4.69, 9.17) is 4.74 Å². The predicted octanol–water partition coefficient (Wildman–Crippen LogP) is 3.10. The Labute approximate surface area is 143 Å². The van der Waals surface area contributed by atoms with Gasteiger partial charge in [-0.3, -0.25) is 9.69 Å². The van der Waals surface area contributed by atoms with Gasteiger partial charge in [0.25, 0.3) is 0 Å². The van der Waals surface area contributed by atoms with Gasteiger partial charge in [0.05, 0.1) is 17.7 Å². The molecule has 1 aliphatic heterocycles. The number of nitrogens with zero attached hydrogens (tertiary/aromatic N) is 1. The number of ketones is 1. The molecule has 0 bridgehead atoms. The van der Waals surface area contributed by atoms with Gasteiger partial charge in [-0.1, -0.05) is 30.3 Å². The first kappa shape index (κ1) is 16.9. The molecule has 0 radical (unpaired) electrons. The highest BCUT2D eigenvalue weighted by atomic mass is 16.5. The Hall–Kier alpha value is -1.91. The molecule has 1 N–H and O–H groups in total. The van der Waals surface area contributed by atoms with E-state index in [1.807, 2.05) is 57.2 Å². The van der Waals surface area contributed by atoms with Crippen LogP contribution in [0.5, 0.6) is 5.75 Å². The maximum atomic E-state index is 13.3. The molecule has 0 amide bonds. The lowest BCUT2D eigenvalue weighted by Gasteiger charge is -2.32. The monoisotopic (exact) mass is 326 g/mol. The van der Waals surface area contributed by atoms with Crippen molar-refractivity contribution >= 4 is 16.6 Å². The van der Waals surface area contributed by atoms with Crippen LogP contribution in [0, 0.1) is 0 Å². The molecular formula is C20H26N2O2. The van der Waals surface area contributed by atoms with Gasteiger partial charge >= 0.3 is 0 Å². The first-order valence-electron chi connectivity index (χ1n) is 8.75. The summed E-state index contributed by atoms with van der Waals surface area (Å²) >= 11 is 0. The van der Waals surface area contributed by atoms with Gasteiger partial charge in [-0.25, -0.2) is 0 Å². The molecular weight excluding hydrogens is 300 g/mol. The minimum Gasteiger partial charge on any atom is -0.490 e. The maximum Gasteiger partial charge on any atom is 0.184 e. The number of benzene rings is 2. The number of carbonyl (C=O) groups excluding carboxylic acids is 1. The fourth-order valence-corrected chi connectivity index (χ4v) is 3.30. The number of Topliss-reactive ketones (excluding diaryl/α,β-unsaturated/α-hetero) is 1. The van der Waals surface area contributed by atoms with E-state index in [0.717, 1.165) is 37.0 Å². The number of piperazine rings is 1. The molecule has 1 fully saturated rings. The van der Waals surface area contributed by atoms with E-state index in [9.17, 15) is 4.79 Å². The van der Waals surface area contributed by atoms with Crippen LogP contribution in [0.2, 0.25) is 0 Å². The van der Waals surface area contributed by atoms with Crippen LogP contribution in [0.25, 0.3) is 10.8 Å². The molecule has 1 aliphatic rings. The molecule has 0 aromatic heterocycles. The summed E-state index contributed by atoms with van der Waals surface area (Å²) in [6.07, 6.45) is 0.0344. The Balaban J connectivity index is 2.02. The maximum absolute atomic E-state index is 13.3. The van der Waals surface area contributed by atoms with Crippen molar-refractivity contribution in [2.24, 2.45) is 0 Å². The van der Waals surface area contributed by atoms with Crippen molar-refractivity contribution in [1.82, 2.24) is 10.2 Å². The van der Waals surface area contributed by atoms with E-state index < -0.39 is 0 Å². The van der Waals surface area contributed by atoms with Crippen LogP contribution >= 0.6 is 0 Å². The zero-order valence-corrected chi connectivity index (χ0v) is 14.7. The normalized spacial score (nSPS) is 17.2. The van der Waals surface area contributed by atoms with Gasteiger partial charge in [0.1, 0.15) is 5.75 Å². The van der Waals surface area contributed by atoms with Gasteiger partial charge in [-0.05, 0) is 37.6 Å². The molecule has 2 aromatic rings. The standard InChI is InChI=1S/C20H26N2O2/c1-14(2)24-18-9-8-16-6-4-5-7-17(16)19(18)20(23)15(3)22-12-10-21-11-13-22/h4-9,14-15,21H,10-13H2,1-3H3. The van der Waals surface area contributed by atoms with E-state index in [0.29, 0.717) is 11.3 Å². The third-order valence-corrected chi connectivity index (χ3v) is 4.58. The Kier molecular flexibility index (Phi) is 5.17. The molecule has 1 atom stereocenters. The highest BCUT2D eigenvalue weighted by Crippen LogP contribution is 2.31. The molecule has 0 aliphatic carbocycles. The second kappa shape index (κ2) is 7.32. The van der Waals surface area contributed by atoms with Crippen LogP contribution in [0.3, 0.4) is 0 Å². The van der Waals surface area contributed by atoms with Crippen molar-refractivity contribution in [3.63, 3.8) is 0 Å². The minimum absolute atomic E-state index is 0.0344. The average molecular weight is 326 g/mol. The molecule has 128 valence electrons. The van der Waals surface area contributed by atoms with E-state index in [-0.39, 0.29) is 17.9 Å². The van der Waals surface area contributed by atoms with Crippen molar-refractivity contribution in [2.45, 2.75) is 32.9 Å². The van der Waals surface area contributed by atoms with E-state index in [1.54, 1.807) is 0 Å². The molecule has 24 heavy (non-hydrogen) atoms. The second-order valence-electron chi connectivity index (χ2n) is 6.65. The molecule has 4 nitrogen and oxygen atoms in total. The molecule has 1 heterocycles. The van der Waals surface area contributed by atoms with Crippen LogP contribution < -0.4 is 10.1 Å². The molecule has 2 aromatic carbocycles. The number of fused-ring (bicyclic) bond motifs is 1. The van der Waals surface area contributed by atoms with Gasteiger partial charge in [-0.2, -0.15) is 0 Å². The molecule has 3 rings (SSSR count). The summed E-state index contributed by atoms with van der Waals surface area (Å²) in [5.74, 6) is 0.833. The Bertz CT molecular complexity index is 721. The summed E-state index contributed by atoms with van der Waals surface area (Å²) < 4.78 is 5.96. The summed E-state index contributed by atoms with van der Waals surface area (Å²) in [6, 6.07) is 11.8. The Morgan fingerprint density at radius 2 is 1.79 bits per heavy atom. The van der Waals surface area contributed by atoms with E-state index in [2.05, 4.69) is 10.2 Å². The molecule has 0 saturated carbocycles. The highest BCUT2D eigenvalue weighted by molar-refractivity contribution is 6.12. The number of carbonyl (C=O) groups is 1. The minimum atomic E-state index is -0.146. The van der Waals surface area contributed by atoms with Crippen LogP contribution in [0.4, 0.5) is 0 Å². The predicted molar refractivity (Wildman–Crippen MR) is 97.9 cm³/mol.